The van der Waals surface area contributed by atoms with Crippen molar-refractivity contribution in [3.63, 3.8) is 0 Å². The second kappa shape index (κ2) is 4.11. The van der Waals surface area contributed by atoms with E-state index in [0.29, 0.717) is 12.0 Å². The highest BCUT2D eigenvalue weighted by Crippen LogP contribution is 2.21. The zero-order valence-corrected chi connectivity index (χ0v) is 7.77. The van der Waals surface area contributed by atoms with Gasteiger partial charge in [-0.05, 0) is 6.42 Å². The van der Waals surface area contributed by atoms with Crippen molar-refractivity contribution in [2.45, 2.75) is 25.0 Å². The number of aliphatic hydroxyl groups is 1. The molecule has 0 saturated heterocycles. The summed E-state index contributed by atoms with van der Waals surface area (Å²) in [5.41, 5.74) is 0.635. The molecule has 0 aromatic carbocycles. The standard InChI is InChI=1S/C10H14N2O/c1-3-4-9-10(13)5-8(6-11)7-12(9)2/h3,7,9-10,13H,1,4-5H2,2H3/t9-,10+/m0/s1. The Labute approximate surface area is 78.6 Å². The molecular formula is C10H14N2O. The molecule has 0 unspecified atom stereocenters. The molecule has 0 aromatic heterocycles. The van der Waals surface area contributed by atoms with E-state index in [1.54, 1.807) is 12.3 Å². The normalized spacial score (nSPS) is 27.8. The molecular weight excluding hydrogens is 164 g/mol. The largest absolute Gasteiger partial charge is 0.391 e. The molecule has 0 radical (unpaired) electrons. The summed E-state index contributed by atoms with van der Waals surface area (Å²) in [6.45, 7) is 3.64. The lowest BCUT2D eigenvalue weighted by Crippen LogP contribution is -2.41. The molecule has 0 aromatic rings. The Morgan fingerprint density at radius 3 is 3.08 bits per heavy atom. The van der Waals surface area contributed by atoms with Gasteiger partial charge in [0.15, 0.2) is 0 Å². The molecule has 0 spiro atoms. The maximum atomic E-state index is 9.69. The van der Waals surface area contributed by atoms with Crippen molar-refractivity contribution < 1.29 is 5.11 Å². The first-order chi connectivity index (χ1) is 6.19. The van der Waals surface area contributed by atoms with Crippen LogP contribution < -0.4 is 0 Å². The van der Waals surface area contributed by atoms with Crippen LogP contribution in [0.3, 0.4) is 0 Å². The van der Waals surface area contributed by atoms with Gasteiger partial charge in [0.2, 0.25) is 0 Å². The maximum absolute atomic E-state index is 9.69. The van der Waals surface area contributed by atoms with E-state index in [1.165, 1.54) is 0 Å². The summed E-state index contributed by atoms with van der Waals surface area (Å²) in [5.74, 6) is 0. The van der Waals surface area contributed by atoms with Crippen LogP contribution in [0.15, 0.2) is 24.4 Å². The van der Waals surface area contributed by atoms with Crippen molar-refractivity contribution in [3.05, 3.63) is 24.4 Å². The molecule has 0 fully saturated rings. The van der Waals surface area contributed by atoms with Gasteiger partial charge < -0.3 is 10.0 Å². The molecule has 70 valence electrons. The van der Waals surface area contributed by atoms with Crippen molar-refractivity contribution >= 4 is 0 Å². The van der Waals surface area contributed by atoms with Gasteiger partial charge in [0.05, 0.1) is 18.2 Å². The summed E-state index contributed by atoms with van der Waals surface area (Å²) >= 11 is 0. The SMILES string of the molecule is C=CC[C@H]1[C@H](O)CC(C#N)=CN1C. The lowest BCUT2D eigenvalue weighted by Gasteiger charge is -2.34. The van der Waals surface area contributed by atoms with Crippen LogP contribution in [-0.4, -0.2) is 29.2 Å². The smallest absolute Gasteiger partial charge is 0.0963 e. The Morgan fingerprint density at radius 2 is 2.62 bits per heavy atom. The highest BCUT2D eigenvalue weighted by Gasteiger charge is 2.26. The molecule has 0 bridgehead atoms. The third kappa shape index (κ3) is 2.10. The zero-order chi connectivity index (χ0) is 9.84. The van der Waals surface area contributed by atoms with Crippen LogP contribution in [-0.2, 0) is 0 Å². The topological polar surface area (TPSA) is 47.3 Å². The van der Waals surface area contributed by atoms with Crippen LogP contribution in [0.5, 0.6) is 0 Å². The minimum absolute atomic E-state index is 0.0644. The van der Waals surface area contributed by atoms with Gasteiger partial charge in [-0.1, -0.05) is 6.08 Å². The molecule has 0 amide bonds. The number of hydrogen-bond donors (Lipinski definition) is 1. The van der Waals surface area contributed by atoms with Crippen LogP contribution in [0.2, 0.25) is 0 Å². The molecule has 0 saturated carbocycles. The Kier molecular flexibility index (Phi) is 3.10. The second-order valence-corrected chi connectivity index (χ2v) is 3.29. The second-order valence-electron chi connectivity index (χ2n) is 3.29. The van der Waals surface area contributed by atoms with Gasteiger partial charge in [0, 0.05) is 25.2 Å². The Morgan fingerprint density at radius 1 is 1.92 bits per heavy atom. The summed E-state index contributed by atoms with van der Waals surface area (Å²) in [4.78, 5) is 1.88. The predicted molar refractivity (Wildman–Crippen MR) is 50.7 cm³/mol. The number of aliphatic hydroxyl groups excluding tert-OH is 1. The minimum Gasteiger partial charge on any atom is -0.391 e. The maximum Gasteiger partial charge on any atom is 0.0963 e. The first-order valence-electron chi connectivity index (χ1n) is 4.30. The highest BCUT2D eigenvalue weighted by atomic mass is 16.3. The molecule has 1 heterocycles. The van der Waals surface area contributed by atoms with E-state index in [9.17, 15) is 5.11 Å². The lowest BCUT2D eigenvalue weighted by atomic mass is 9.96. The fourth-order valence-electron chi connectivity index (χ4n) is 1.60. The van der Waals surface area contributed by atoms with E-state index in [1.807, 2.05) is 11.9 Å². The summed E-state index contributed by atoms with van der Waals surface area (Å²) in [6, 6.07) is 2.13. The van der Waals surface area contributed by atoms with E-state index in [-0.39, 0.29) is 6.04 Å². The number of hydrogen-bond acceptors (Lipinski definition) is 3. The van der Waals surface area contributed by atoms with Gasteiger partial charge in [-0.25, -0.2) is 0 Å². The average Bonchev–Trinajstić information content (AvgIpc) is 2.11. The van der Waals surface area contributed by atoms with Crippen LogP contribution in [0, 0.1) is 11.3 Å². The van der Waals surface area contributed by atoms with E-state index < -0.39 is 6.10 Å². The van der Waals surface area contributed by atoms with E-state index in [0.717, 1.165) is 6.42 Å². The lowest BCUT2D eigenvalue weighted by molar-refractivity contribution is 0.0765. The van der Waals surface area contributed by atoms with Crippen molar-refractivity contribution in [1.29, 1.82) is 5.26 Å². The first-order valence-corrected chi connectivity index (χ1v) is 4.30. The molecule has 1 aliphatic heterocycles. The number of rotatable bonds is 2. The Bertz CT molecular complexity index is 265. The Hall–Kier alpha value is -1.27. The van der Waals surface area contributed by atoms with Crippen molar-refractivity contribution in [3.8, 4) is 6.07 Å². The van der Waals surface area contributed by atoms with Gasteiger partial charge in [0.25, 0.3) is 0 Å². The first kappa shape index (κ1) is 9.82. The predicted octanol–water partition coefficient (Wildman–Crippen LogP) is 1.03. The van der Waals surface area contributed by atoms with E-state index >= 15 is 0 Å². The summed E-state index contributed by atoms with van der Waals surface area (Å²) in [5, 5.41) is 18.4. The molecule has 1 aliphatic rings. The van der Waals surface area contributed by atoms with Crippen LogP contribution in [0.1, 0.15) is 12.8 Å². The Balaban J connectivity index is 2.76. The summed E-state index contributed by atoms with van der Waals surface area (Å²) in [7, 11) is 1.87. The molecule has 1 rings (SSSR count). The van der Waals surface area contributed by atoms with Gasteiger partial charge in [-0.2, -0.15) is 5.26 Å². The monoisotopic (exact) mass is 178 g/mol. The molecule has 13 heavy (non-hydrogen) atoms. The number of likely N-dealkylation sites (N-methyl/N-ethyl adjacent to an activating group) is 1. The quantitative estimate of drug-likeness (QED) is 0.642. The summed E-state index contributed by atoms with van der Waals surface area (Å²) < 4.78 is 0. The van der Waals surface area contributed by atoms with Gasteiger partial charge in [-0.15, -0.1) is 6.58 Å². The third-order valence-electron chi connectivity index (χ3n) is 2.31. The molecule has 2 atom stereocenters. The summed E-state index contributed by atoms with van der Waals surface area (Å²) in [6.07, 6.45) is 4.32. The van der Waals surface area contributed by atoms with Crippen molar-refractivity contribution in [2.24, 2.45) is 0 Å². The van der Waals surface area contributed by atoms with Crippen LogP contribution in [0.4, 0.5) is 0 Å². The van der Waals surface area contributed by atoms with E-state index in [4.69, 9.17) is 5.26 Å². The van der Waals surface area contributed by atoms with E-state index in [2.05, 4.69) is 12.6 Å². The number of nitriles is 1. The van der Waals surface area contributed by atoms with Crippen LogP contribution in [0.25, 0.3) is 0 Å². The highest BCUT2D eigenvalue weighted by molar-refractivity contribution is 5.24. The fraction of sp³-hybridized carbons (Fsp3) is 0.500. The number of nitrogens with zero attached hydrogens (tertiary/aromatic N) is 2. The molecule has 3 nitrogen and oxygen atoms in total. The van der Waals surface area contributed by atoms with Gasteiger partial charge >= 0.3 is 0 Å². The fourth-order valence-corrected chi connectivity index (χ4v) is 1.60. The molecule has 0 aliphatic carbocycles. The van der Waals surface area contributed by atoms with Crippen molar-refractivity contribution in [1.82, 2.24) is 4.90 Å². The van der Waals surface area contributed by atoms with Crippen molar-refractivity contribution in [2.75, 3.05) is 7.05 Å². The molecule has 3 heteroatoms. The van der Waals surface area contributed by atoms with Gasteiger partial charge in [0.1, 0.15) is 0 Å². The third-order valence-corrected chi connectivity index (χ3v) is 2.31. The average molecular weight is 178 g/mol. The minimum atomic E-state index is -0.456. The van der Waals surface area contributed by atoms with Gasteiger partial charge in [-0.3, -0.25) is 0 Å². The van der Waals surface area contributed by atoms with Crippen LogP contribution >= 0.6 is 0 Å². The molecule has 1 N–H and O–H groups in total. The zero-order valence-electron chi connectivity index (χ0n) is 7.77.